The van der Waals surface area contributed by atoms with E-state index in [9.17, 15) is 38.4 Å². The van der Waals surface area contributed by atoms with Gasteiger partial charge in [-0.3, -0.25) is 38.4 Å². The van der Waals surface area contributed by atoms with E-state index in [2.05, 4.69) is 37.6 Å². The maximum atomic E-state index is 14.2. The van der Waals surface area contributed by atoms with Crippen LogP contribution in [0.3, 0.4) is 0 Å². The number of carbonyl (C=O) groups excluding carboxylic acids is 8. The van der Waals surface area contributed by atoms with Crippen molar-refractivity contribution < 1.29 is 57.5 Å². The van der Waals surface area contributed by atoms with Gasteiger partial charge in [-0.15, -0.1) is 10.1 Å². The van der Waals surface area contributed by atoms with Gasteiger partial charge in [-0.05, 0) is 120 Å². The molecule has 18 nitrogen and oxygen atoms in total. The molecular formula is C66H64N6O12. The molecular weight excluding hydrogens is 1070 g/mol. The van der Waals surface area contributed by atoms with E-state index in [-0.39, 0.29) is 60.1 Å². The van der Waals surface area contributed by atoms with Gasteiger partial charge in [0.15, 0.2) is 11.4 Å². The topological polar surface area (TPSA) is 210 Å². The summed E-state index contributed by atoms with van der Waals surface area (Å²) in [7, 11) is 0. The molecule has 0 aromatic heterocycles. The number of likely N-dealkylation sites (tertiary alicyclic amines) is 1. The van der Waals surface area contributed by atoms with Gasteiger partial charge in [-0.25, -0.2) is 19.5 Å². The first kappa shape index (κ1) is 58.0. The molecule has 3 atom stereocenters. The molecule has 18 heteroatoms. The van der Waals surface area contributed by atoms with Crippen molar-refractivity contribution in [2.45, 2.75) is 116 Å². The molecule has 430 valence electrons. The summed E-state index contributed by atoms with van der Waals surface area (Å²) in [5.74, 6) is -3.48. The Morgan fingerprint density at radius 2 is 0.905 bits per heavy atom. The van der Waals surface area contributed by atoms with Crippen molar-refractivity contribution in [1.29, 1.82) is 0 Å². The van der Waals surface area contributed by atoms with E-state index < -0.39 is 76.2 Å². The molecule has 6 aromatic carbocycles. The van der Waals surface area contributed by atoms with Crippen LogP contribution in [0.1, 0.15) is 148 Å². The van der Waals surface area contributed by atoms with Gasteiger partial charge in [0.25, 0.3) is 35.4 Å². The molecule has 10 rings (SSSR count). The van der Waals surface area contributed by atoms with Gasteiger partial charge in [-0.2, -0.15) is 0 Å². The number of hydroxylamine groups is 4. The number of hydrogen-bond donors (Lipinski definition) is 2. The van der Waals surface area contributed by atoms with E-state index in [4.69, 9.17) is 19.1 Å². The molecule has 0 aliphatic carbocycles. The number of ether oxygens (including phenoxy) is 2. The lowest BCUT2D eigenvalue weighted by atomic mass is 9.78. The highest BCUT2D eigenvalue weighted by Crippen LogP contribution is 2.41. The Kier molecular flexibility index (Phi) is 16.0. The highest BCUT2D eigenvalue weighted by atomic mass is 16.7. The lowest BCUT2D eigenvalue weighted by Crippen LogP contribution is -2.57. The number of carbonyl (C=O) groups is 8. The van der Waals surface area contributed by atoms with Crippen LogP contribution in [0.15, 0.2) is 147 Å². The molecule has 0 spiro atoms. The van der Waals surface area contributed by atoms with E-state index in [1.165, 1.54) is 31.2 Å². The smallest absolute Gasteiger partial charge is 0.286 e. The third kappa shape index (κ3) is 10.9. The highest BCUT2D eigenvalue weighted by molar-refractivity contribution is 6.22. The van der Waals surface area contributed by atoms with Gasteiger partial charge < -0.3 is 20.1 Å². The van der Waals surface area contributed by atoms with Crippen molar-refractivity contribution in [1.82, 2.24) is 30.6 Å². The van der Waals surface area contributed by atoms with Crippen molar-refractivity contribution >= 4 is 59.4 Å². The minimum atomic E-state index is -1.65. The third-order valence-corrected chi connectivity index (χ3v) is 16.3. The second-order valence-corrected chi connectivity index (χ2v) is 21.8. The molecule has 8 amide bonds. The van der Waals surface area contributed by atoms with Crippen LogP contribution in [0, 0.1) is 0 Å². The van der Waals surface area contributed by atoms with Crippen molar-refractivity contribution in [2.75, 3.05) is 0 Å². The summed E-state index contributed by atoms with van der Waals surface area (Å²) in [4.78, 5) is 124. The molecule has 2 saturated heterocycles. The van der Waals surface area contributed by atoms with Crippen molar-refractivity contribution in [3.8, 4) is 23.0 Å². The molecule has 2 N–H and O–H groups in total. The SMILES string of the molecule is C=Cc1ccc(CNC2CC(=O)N(OC(CC)(CC)N3C(=O)c4ccc(Oc5ccc(C(C)(C)c6ccc(Oc7ccc8c(c7)C(=O)N(OC(C)(CC)N7C(=O)CC(NCc9ccc(C=C)cc9)C7=O)C8=O)cc6)cc5)cc4C3=O)C2=O)cc1. The normalized spacial score (nSPS) is 17.8. The number of imide groups is 4. The summed E-state index contributed by atoms with van der Waals surface area (Å²) in [5.41, 5.74) is 2.14. The largest absolute Gasteiger partial charge is 0.457 e. The van der Waals surface area contributed by atoms with Crippen LogP contribution in [0.25, 0.3) is 12.2 Å². The zero-order chi connectivity index (χ0) is 59.8. The zero-order valence-electron chi connectivity index (χ0n) is 47.6. The summed E-state index contributed by atoms with van der Waals surface area (Å²) in [6.45, 7) is 19.0. The fraction of sp³-hybridized carbons (Fsp3) is 0.273. The van der Waals surface area contributed by atoms with E-state index in [0.29, 0.717) is 40.5 Å². The number of benzene rings is 6. The van der Waals surface area contributed by atoms with Crippen LogP contribution in [0.4, 0.5) is 0 Å². The summed E-state index contributed by atoms with van der Waals surface area (Å²) in [6.07, 6.45) is 3.46. The fourth-order valence-corrected chi connectivity index (χ4v) is 10.9. The monoisotopic (exact) mass is 1130 g/mol. The summed E-state index contributed by atoms with van der Waals surface area (Å²) < 4.78 is 12.4. The Balaban J connectivity index is 0.747. The summed E-state index contributed by atoms with van der Waals surface area (Å²) >= 11 is 0. The predicted molar refractivity (Wildman–Crippen MR) is 310 cm³/mol. The molecule has 3 unspecified atom stereocenters. The highest BCUT2D eigenvalue weighted by Gasteiger charge is 2.54. The molecule has 84 heavy (non-hydrogen) atoms. The maximum Gasteiger partial charge on any atom is 0.286 e. The minimum Gasteiger partial charge on any atom is -0.457 e. The predicted octanol–water partition coefficient (Wildman–Crippen LogP) is 10.4. The van der Waals surface area contributed by atoms with Gasteiger partial charge in [0.1, 0.15) is 23.0 Å². The Bertz CT molecular complexity index is 3650. The molecule has 4 aliphatic heterocycles. The fourth-order valence-electron chi connectivity index (χ4n) is 10.9. The Hall–Kier alpha value is -9.20. The first-order chi connectivity index (χ1) is 40.2. The van der Waals surface area contributed by atoms with Crippen LogP contribution in [0.2, 0.25) is 0 Å². The van der Waals surface area contributed by atoms with Crippen LogP contribution < -0.4 is 20.1 Å². The standard InChI is InChI=1S/C66H64N6O12/c1-9-40-14-18-42(19-15-40)38-67-54-36-56(73)69(62(54)79)65(8,11-3)83-72-60(77)51-33-31-49(35-53(51)61(72)78)82-47-28-24-45(25-29-47)64(6,7)44-22-26-46(27-23-44)81-48-30-32-50-52(34-48)59(76)70(58(50)75)66(12-4,13-5)84-71-57(74)37-55(63(71)80)68-39-43-20-16-41(10-2)17-21-43/h9-10,14-35,54-55,67-68H,1-2,11-13,36-39H2,3-8H3. The van der Waals surface area contributed by atoms with Gasteiger partial charge in [0, 0.05) is 18.5 Å². The number of rotatable bonds is 23. The molecule has 0 saturated carbocycles. The lowest BCUT2D eigenvalue weighted by molar-refractivity contribution is -0.259. The van der Waals surface area contributed by atoms with Gasteiger partial charge in [0.2, 0.25) is 11.8 Å². The van der Waals surface area contributed by atoms with Crippen LogP contribution >= 0.6 is 0 Å². The zero-order valence-corrected chi connectivity index (χ0v) is 47.6. The van der Waals surface area contributed by atoms with Crippen LogP contribution in [-0.4, -0.2) is 90.7 Å². The van der Waals surface area contributed by atoms with E-state index >= 15 is 0 Å². The van der Waals surface area contributed by atoms with Gasteiger partial charge >= 0.3 is 0 Å². The average molecular weight is 1130 g/mol. The first-order valence-electron chi connectivity index (χ1n) is 27.9. The van der Waals surface area contributed by atoms with Crippen molar-refractivity contribution in [2.24, 2.45) is 0 Å². The van der Waals surface area contributed by atoms with Crippen LogP contribution in [-0.2, 0) is 47.4 Å². The lowest BCUT2D eigenvalue weighted by Gasteiger charge is -2.40. The molecule has 0 radical (unpaired) electrons. The van der Waals surface area contributed by atoms with Gasteiger partial charge in [-0.1, -0.05) is 133 Å². The molecule has 4 heterocycles. The van der Waals surface area contributed by atoms with E-state index in [0.717, 1.165) is 43.2 Å². The molecule has 0 bridgehead atoms. The Morgan fingerprint density at radius 1 is 0.476 bits per heavy atom. The molecule has 2 fully saturated rings. The van der Waals surface area contributed by atoms with E-state index in [1.807, 2.05) is 72.8 Å². The number of nitrogens with one attached hydrogen (secondary N) is 2. The Morgan fingerprint density at radius 3 is 1.38 bits per heavy atom. The number of fused-ring (bicyclic) bond motifs is 2. The second-order valence-electron chi connectivity index (χ2n) is 21.8. The van der Waals surface area contributed by atoms with E-state index in [1.54, 1.807) is 69.3 Å². The summed E-state index contributed by atoms with van der Waals surface area (Å²) in [5, 5.41) is 7.58. The molecule has 4 aliphatic rings. The van der Waals surface area contributed by atoms with Gasteiger partial charge in [0.05, 0.1) is 47.2 Å². The number of hydrogen-bond acceptors (Lipinski definition) is 14. The number of nitrogens with zero attached hydrogens (tertiary/aromatic N) is 4. The first-order valence-corrected chi connectivity index (χ1v) is 27.9. The summed E-state index contributed by atoms with van der Waals surface area (Å²) in [6, 6.07) is 37.5. The number of amides is 8. The maximum absolute atomic E-state index is 14.2. The Labute approximate surface area is 486 Å². The average Bonchev–Trinajstić information content (AvgIpc) is 2.26. The third-order valence-electron chi connectivity index (χ3n) is 16.3. The quantitative estimate of drug-likeness (QED) is 0.0572. The van der Waals surface area contributed by atoms with Crippen molar-refractivity contribution in [3.05, 3.63) is 202 Å². The molecule has 6 aromatic rings. The second kappa shape index (κ2) is 23.2. The van der Waals surface area contributed by atoms with Crippen molar-refractivity contribution in [3.63, 3.8) is 0 Å². The van der Waals surface area contributed by atoms with Crippen LogP contribution in [0.5, 0.6) is 23.0 Å². The minimum absolute atomic E-state index is 0.0342.